The summed E-state index contributed by atoms with van der Waals surface area (Å²) < 4.78 is 0. The Morgan fingerprint density at radius 1 is 0.880 bits per heavy atom. The summed E-state index contributed by atoms with van der Waals surface area (Å²) in [5.41, 5.74) is 2.01. The minimum absolute atomic E-state index is 0.00463. The van der Waals surface area contributed by atoms with Gasteiger partial charge < -0.3 is 5.32 Å². The molecule has 1 atom stereocenters. The van der Waals surface area contributed by atoms with Crippen LogP contribution in [-0.2, 0) is 11.3 Å². The zero-order valence-corrected chi connectivity index (χ0v) is 15.1. The van der Waals surface area contributed by atoms with Crippen molar-refractivity contribution in [3.8, 4) is 0 Å². The van der Waals surface area contributed by atoms with Crippen LogP contribution in [0.25, 0.3) is 0 Å². The Hall–Kier alpha value is -2.23. The zero-order chi connectivity index (χ0) is 17.5. The number of amides is 1. The van der Waals surface area contributed by atoms with E-state index in [9.17, 15) is 4.79 Å². The van der Waals surface area contributed by atoms with E-state index < -0.39 is 0 Å². The van der Waals surface area contributed by atoms with Gasteiger partial charge in [0.05, 0.1) is 0 Å². The Labute approximate surface area is 157 Å². The van der Waals surface area contributed by atoms with Gasteiger partial charge in [-0.3, -0.25) is 4.79 Å². The Morgan fingerprint density at radius 3 is 2.12 bits per heavy atom. The first-order valence-corrected chi connectivity index (χ1v) is 9.27. The number of benzene rings is 3. The molecule has 0 aliphatic carbocycles. The summed E-state index contributed by atoms with van der Waals surface area (Å²) in [4.78, 5) is 13.9. The van der Waals surface area contributed by atoms with Crippen molar-refractivity contribution < 1.29 is 4.79 Å². The van der Waals surface area contributed by atoms with E-state index in [1.165, 1.54) is 0 Å². The number of carbonyl (C=O) groups excluding carboxylic acids is 1. The summed E-state index contributed by atoms with van der Waals surface area (Å²) in [6.45, 7) is 0.481. The summed E-state index contributed by atoms with van der Waals surface area (Å²) >= 11 is 7.46. The van der Waals surface area contributed by atoms with Crippen molar-refractivity contribution >= 4 is 29.3 Å². The van der Waals surface area contributed by atoms with E-state index in [1.54, 1.807) is 11.8 Å². The highest BCUT2D eigenvalue weighted by atomic mass is 35.5. The number of hydrogen-bond acceptors (Lipinski definition) is 2. The molecule has 1 amide bonds. The van der Waals surface area contributed by atoms with E-state index in [0.717, 1.165) is 16.0 Å². The number of rotatable bonds is 6. The molecule has 25 heavy (non-hydrogen) atoms. The van der Waals surface area contributed by atoms with Crippen molar-refractivity contribution in [2.24, 2.45) is 0 Å². The van der Waals surface area contributed by atoms with Gasteiger partial charge in [-0.2, -0.15) is 0 Å². The average Bonchev–Trinajstić information content (AvgIpc) is 2.67. The fraction of sp³-hybridized carbons (Fsp3) is 0.0952. The van der Waals surface area contributed by atoms with E-state index in [1.807, 2.05) is 84.9 Å². The van der Waals surface area contributed by atoms with Crippen LogP contribution in [0.4, 0.5) is 0 Å². The number of halogens is 1. The molecular formula is C21H18ClNOS. The van der Waals surface area contributed by atoms with Gasteiger partial charge in [0.2, 0.25) is 5.91 Å². The van der Waals surface area contributed by atoms with Crippen LogP contribution in [0, 0.1) is 0 Å². The van der Waals surface area contributed by atoms with Crippen LogP contribution < -0.4 is 5.32 Å². The highest BCUT2D eigenvalue weighted by Crippen LogP contribution is 2.35. The maximum atomic E-state index is 12.8. The van der Waals surface area contributed by atoms with Crippen molar-refractivity contribution in [1.82, 2.24) is 5.32 Å². The molecule has 0 aliphatic heterocycles. The van der Waals surface area contributed by atoms with E-state index in [2.05, 4.69) is 5.32 Å². The second kappa shape index (κ2) is 8.75. The lowest BCUT2D eigenvalue weighted by atomic mass is 10.1. The van der Waals surface area contributed by atoms with E-state index in [-0.39, 0.29) is 11.2 Å². The van der Waals surface area contributed by atoms with E-state index in [0.29, 0.717) is 11.6 Å². The van der Waals surface area contributed by atoms with Gasteiger partial charge in [-0.05, 0) is 35.4 Å². The van der Waals surface area contributed by atoms with Crippen LogP contribution >= 0.6 is 23.4 Å². The van der Waals surface area contributed by atoms with Crippen molar-refractivity contribution in [2.75, 3.05) is 0 Å². The standard InChI is InChI=1S/C21H18ClNOS/c22-18-13-11-16(12-14-18)15-23-21(24)20(17-7-3-1-4-8-17)25-19-9-5-2-6-10-19/h1-14,20H,15H2,(H,23,24)/t20-/m0/s1. The lowest BCUT2D eigenvalue weighted by Crippen LogP contribution is -2.27. The molecular weight excluding hydrogens is 350 g/mol. The first kappa shape index (κ1) is 17.6. The molecule has 0 bridgehead atoms. The van der Waals surface area contributed by atoms with Gasteiger partial charge >= 0.3 is 0 Å². The third-order valence-electron chi connectivity index (χ3n) is 3.72. The third kappa shape index (κ3) is 5.12. The van der Waals surface area contributed by atoms with Crippen LogP contribution in [0.15, 0.2) is 89.8 Å². The van der Waals surface area contributed by atoms with Crippen molar-refractivity contribution in [1.29, 1.82) is 0 Å². The molecule has 0 spiro atoms. The number of carbonyl (C=O) groups is 1. The first-order valence-electron chi connectivity index (χ1n) is 8.01. The molecule has 1 N–H and O–H groups in total. The Morgan fingerprint density at radius 2 is 1.48 bits per heavy atom. The van der Waals surface area contributed by atoms with Gasteiger partial charge in [-0.25, -0.2) is 0 Å². The average molecular weight is 368 g/mol. The van der Waals surface area contributed by atoms with Gasteiger partial charge in [-0.15, -0.1) is 11.8 Å². The molecule has 0 unspecified atom stereocenters. The van der Waals surface area contributed by atoms with Crippen molar-refractivity contribution in [2.45, 2.75) is 16.7 Å². The van der Waals surface area contributed by atoms with Gasteiger partial charge in [0.1, 0.15) is 5.25 Å². The Kier molecular flexibility index (Phi) is 6.15. The molecule has 0 saturated heterocycles. The van der Waals surface area contributed by atoms with Crippen molar-refractivity contribution in [3.63, 3.8) is 0 Å². The molecule has 0 radical (unpaired) electrons. The molecule has 4 heteroatoms. The molecule has 3 rings (SSSR count). The third-order valence-corrected chi connectivity index (χ3v) is 5.24. The minimum Gasteiger partial charge on any atom is -0.351 e. The summed E-state index contributed by atoms with van der Waals surface area (Å²) in [6.07, 6.45) is 0. The molecule has 0 fully saturated rings. The van der Waals surface area contributed by atoms with Crippen LogP contribution in [0.3, 0.4) is 0 Å². The maximum Gasteiger partial charge on any atom is 0.238 e. The molecule has 126 valence electrons. The lowest BCUT2D eigenvalue weighted by Gasteiger charge is -2.17. The van der Waals surface area contributed by atoms with Crippen LogP contribution in [-0.4, -0.2) is 5.91 Å². The van der Waals surface area contributed by atoms with Gasteiger partial charge in [-0.1, -0.05) is 72.3 Å². The zero-order valence-electron chi connectivity index (χ0n) is 13.6. The van der Waals surface area contributed by atoms with Crippen LogP contribution in [0.5, 0.6) is 0 Å². The predicted octanol–water partition coefficient (Wildman–Crippen LogP) is 5.49. The molecule has 0 aliphatic rings. The smallest absolute Gasteiger partial charge is 0.238 e. The highest BCUT2D eigenvalue weighted by Gasteiger charge is 2.21. The van der Waals surface area contributed by atoms with Crippen LogP contribution in [0.1, 0.15) is 16.4 Å². The topological polar surface area (TPSA) is 29.1 Å². The largest absolute Gasteiger partial charge is 0.351 e. The summed E-state index contributed by atoms with van der Waals surface area (Å²) in [7, 11) is 0. The summed E-state index contributed by atoms with van der Waals surface area (Å²) in [5, 5.41) is 3.43. The Balaban J connectivity index is 1.74. The molecule has 0 saturated carbocycles. The van der Waals surface area contributed by atoms with Crippen molar-refractivity contribution in [3.05, 3.63) is 101 Å². The number of nitrogens with one attached hydrogen (secondary N) is 1. The van der Waals surface area contributed by atoms with E-state index >= 15 is 0 Å². The molecule has 2 nitrogen and oxygen atoms in total. The maximum absolute atomic E-state index is 12.8. The normalized spacial score (nSPS) is 11.7. The molecule has 0 heterocycles. The number of hydrogen-bond donors (Lipinski definition) is 1. The number of thioether (sulfide) groups is 1. The molecule has 0 aromatic heterocycles. The SMILES string of the molecule is O=C(NCc1ccc(Cl)cc1)[C@@H](Sc1ccccc1)c1ccccc1. The predicted molar refractivity (Wildman–Crippen MR) is 105 cm³/mol. The quantitative estimate of drug-likeness (QED) is 0.583. The van der Waals surface area contributed by atoms with Crippen LogP contribution in [0.2, 0.25) is 5.02 Å². The highest BCUT2D eigenvalue weighted by molar-refractivity contribution is 8.00. The minimum atomic E-state index is -0.295. The monoisotopic (exact) mass is 367 g/mol. The summed E-state index contributed by atoms with van der Waals surface area (Å²) in [6, 6.07) is 27.3. The molecule has 3 aromatic carbocycles. The molecule has 3 aromatic rings. The van der Waals surface area contributed by atoms with Gasteiger partial charge in [0.25, 0.3) is 0 Å². The Bertz CT molecular complexity index is 806. The first-order chi connectivity index (χ1) is 12.2. The second-order valence-electron chi connectivity index (χ2n) is 5.57. The fourth-order valence-electron chi connectivity index (χ4n) is 2.42. The lowest BCUT2D eigenvalue weighted by molar-refractivity contribution is -0.120. The second-order valence-corrected chi connectivity index (χ2v) is 7.18. The van der Waals surface area contributed by atoms with Gasteiger partial charge in [0, 0.05) is 16.5 Å². The van der Waals surface area contributed by atoms with Gasteiger partial charge in [0.15, 0.2) is 0 Å². The fourth-order valence-corrected chi connectivity index (χ4v) is 3.62. The van der Waals surface area contributed by atoms with E-state index in [4.69, 9.17) is 11.6 Å². The summed E-state index contributed by atoms with van der Waals surface area (Å²) in [5.74, 6) is -0.00463.